The van der Waals surface area contributed by atoms with Crippen molar-refractivity contribution in [3.63, 3.8) is 0 Å². The molecule has 198 valence electrons. The van der Waals surface area contributed by atoms with Crippen LogP contribution in [-0.4, -0.2) is 39.6 Å². The van der Waals surface area contributed by atoms with Gasteiger partial charge >= 0.3 is 0 Å². The Hall–Kier alpha value is -2.74. The number of fused-ring (bicyclic) bond motifs is 1. The fourth-order valence-electron chi connectivity index (χ4n) is 4.74. The molecular formula is C28H40N2O5S. The summed E-state index contributed by atoms with van der Waals surface area (Å²) in [4.78, 5) is 13.5. The Morgan fingerprint density at radius 1 is 1.03 bits per heavy atom. The summed E-state index contributed by atoms with van der Waals surface area (Å²) >= 11 is 0. The molecule has 2 aromatic rings. The number of nitrogens with one attached hydrogen (secondary N) is 1. The Morgan fingerprint density at radius 3 is 2.17 bits per heavy atom. The summed E-state index contributed by atoms with van der Waals surface area (Å²) in [5.74, 6) is 0.578. The minimum absolute atomic E-state index is 0.00387. The van der Waals surface area contributed by atoms with Gasteiger partial charge < -0.3 is 14.8 Å². The zero-order chi connectivity index (χ0) is 27.1. The Kier molecular flexibility index (Phi) is 7.44. The van der Waals surface area contributed by atoms with Crippen LogP contribution in [0.4, 0.5) is 5.69 Å². The van der Waals surface area contributed by atoms with Crippen LogP contribution in [0.5, 0.6) is 11.5 Å². The van der Waals surface area contributed by atoms with Crippen molar-refractivity contribution in [2.45, 2.75) is 83.8 Å². The third-order valence-corrected chi connectivity index (χ3v) is 7.86. The monoisotopic (exact) mass is 516 g/mol. The molecule has 1 amide bonds. The van der Waals surface area contributed by atoms with E-state index >= 15 is 0 Å². The van der Waals surface area contributed by atoms with E-state index in [1.807, 2.05) is 26.0 Å². The molecule has 36 heavy (non-hydrogen) atoms. The molecule has 1 N–H and O–H groups in total. The van der Waals surface area contributed by atoms with E-state index in [0.717, 1.165) is 12.0 Å². The van der Waals surface area contributed by atoms with Gasteiger partial charge in [0.05, 0.1) is 24.2 Å². The van der Waals surface area contributed by atoms with E-state index < -0.39 is 21.7 Å². The first kappa shape index (κ1) is 27.8. The Morgan fingerprint density at radius 2 is 1.64 bits per heavy atom. The molecule has 1 atom stereocenters. The summed E-state index contributed by atoms with van der Waals surface area (Å²) in [6.07, 6.45) is -0.247. The fraction of sp³-hybridized carbons (Fsp3) is 0.536. The summed E-state index contributed by atoms with van der Waals surface area (Å²) in [6.45, 7) is 16.3. The first-order valence-electron chi connectivity index (χ1n) is 12.2. The SMILES string of the molecule is COc1ccc(S(=O)(=O)N2C[C@H](C(=O)NC(C)(C)CC(C)(C)C)Oc3ccc(C(C)(C)C)cc32)cc1. The zero-order valence-corrected chi connectivity index (χ0v) is 23.7. The molecule has 0 aromatic heterocycles. The normalized spacial score (nSPS) is 16.7. The van der Waals surface area contributed by atoms with Crippen LogP contribution < -0.4 is 19.1 Å². The second kappa shape index (κ2) is 9.61. The van der Waals surface area contributed by atoms with E-state index in [-0.39, 0.29) is 28.2 Å². The maximum absolute atomic E-state index is 13.8. The molecule has 0 saturated heterocycles. The highest BCUT2D eigenvalue weighted by Crippen LogP contribution is 2.40. The van der Waals surface area contributed by atoms with E-state index in [1.165, 1.54) is 23.5 Å². The zero-order valence-electron chi connectivity index (χ0n) is 22.9. The largest absolute Gasteiger partial charge is 0.497 e. The van der Waals surface area contributed by atoms with Crippen LogP contribution in [0.15, 0.2) is 47.4 Å². The second-order valence-corrected chi connectivity index (χ2v) is 14.2. The molecule has 8 heteroatoms. The van der Waals surface area contributed by atoms with Crippen LogP contribution in [0, 0.1) is 5.41 Å². The van der Waals surface area contributed by atoms with Crippen LogP contribution >= 0.6 is 0 Å². The maximum Gasteiger partial charge on any atom is 0.264 e. The molecule has 0 spiro atoms. The van der Waals surface area contributed by atoms with Crippen molar-refractivity contribution in [2.75, 3.05) is 18.0 Å². The van der Waals surface area contributed by atoms with E-state index in [4.69, 9.17) is 9.47 Å². The number of rotatable bonds is 6. The van der Waals surface area contributed by atoms with Crippen molar-refractivity contribution in [3.05, 3.63) is 48.0 Å². The molecule has 1 aliphatic rings. The van der Waals surface area contributed by atoms with E-state index in [0.29, 0.717) is 17.2 Å². The average molecular weight is 517 g/mol. The summed E-state index contributed by atoms with van der Waals surface area (Å²) in [7, 11) is -2.46. The summed E-state index contributed by atoms with van der Waals surface area (Å²) in [6, 6.07) is 11.8. The lowest BCUT2D eigenvalue weighted by Crippen LogP contribution is -2.55. The van der Waals surface area contributed by atoms with E-state index in [2.05, 4.69) is 46.9 Å². The number of hydrogen-bond donors (Lipinski definition) is 1. The molecule has 1 heterocycles. The quantitative estimate of drug-likeness (QED) is 0.565. The number of hydrogen-bond acceptors (Lipinski definition) is 5. The van der Waals surface area contributed by atoms with E-state index in [9.17, 15) is 13.2 Å². The third kappa shape index (κ3) is 6.33. The van der Waals surface area contributed by atoms with Gasteiger partial charge in [0.2, 0.25) is 0 Å². The van der Waals surface area contributed by atoms with Gasteiger partial charge in [-0.2, -0.15) is 0 Å². The van der Waals surface area contributed by atoms with Crippen molar-refractivity contribution in [1.82, 2.24) is 5.32 Å². The van der Waals surface area contributed by atoms with Gasteiger partial charge in [-0.15, -0.1) is 0 Å². The standard InChI is InChI=1S/C28H40N2O5S/c1-26(2,3)18-28(7,8)29-25(31)24-17-30(36(32,33)21-13-11-20(34-9)12-14-21)22-16-19(27(4,5)6)10-15-23(22)35-24/h10-16,24H,17-18H2,1-9H3,(H,29,31)/t24-/m1/s1. The van der Waals surface area contributed by atoms with Crippen LogP contribution in [0.3, 0.4) is 0 Å². The van der Waals surface area contributed by atoms with Crippen LogP contribution in [-0.2, 0) is 20.2 Å². The van der Waals surface area contributed by atoms with Gasteiger partial charge in [0.25, 0.3) is 15.9 Å². The first-order valence-corrected chi connectivity index (χ1v) is 13.7. The highest BCUT2D eigenvalue weighted by atomic mass is 32.2. The highest BCUT2D eigenvalue weighted by Gasteiger charge is 2.40. The van der Waals surface area contributed by atoms with Gasteiger partial charge in [-0.3, -0.25) is 9.10 Å². The average Bonchev–Trinajstić information content (AvgIpc) is 2.75. The number of nitrogens with zero attached hydrogens (tertiary/aromatic N) is 1. The molecule has 3 rings (SSSR count). The number of methoxy groups -OCH3 is 1. The minimum Gasteiger partial charge on any atom is -0.497 e. The lowest BCUT2D eigenvalue weighted by molar-refractivity contribution is -0.129. The molecule has 0 fully saturated rings. The van der Waals surface area contributed by atoms with Gasteiger partial charge in [-0.25, -0.2) is 8.42 Å². The molecule has 0 bridgehead atoms. The number of anilines is 1. The van der Waals surface area contributed by atoms with Crippen LogP contribution in [0.2, 0.25) is 0 Å². The molecule has 0 saturated carbocycles. The number of ether oxygens (including phenoxy) is 2. The van der Waals surface area contributed by atoms with Crippen molar-refractivity contribution < 1.29 is 22.7 Å². The fourth-order valence-corrected chi connectivity index (χ4v) is 6.21. The molecule has 0 unspecified atom stereocenters. The van der Waals surface area contributed by atoms with Gasteiger partial charge in [-0.1, -0.05) is 47.6 Å². The first-order chi connectivity index (χ1) is 16.4. The lowest BCUT2D eigenvalue weighted by Gasteiger charge is -2.38. The topological polar surface area (TPSA) is 84.9 Å². The molecule has 7 nitrogen and oxygen atoms in total. The number of carbonyl (C=O) groups is 1. The molecule has 2 aromatic carbocycles. The summed E-state index contributed by atoms with van der Waals surface area (Å²) in [5, 5.41) is 3.07. The van der Waals surface area contributed by atoms with Gasteiger partial charge in [0.1, 0.15) is 11.5 Å². The van der Waals surface area contributed by atoms with Crippen LogP contribution in [0.1, 0.15) is 67.4 Å². The third-order valence-electron chi connectivity index (χ3n) is 6.07. The molecular weight excluding hydrogens is 476 g/mol. The maximum atomic E-state index is 13.8. The smallest absolute Gasteiger partial charge is 0.264 e. The second-order valence-electron chi connectivity index (χ2n) is 12.4. The van der Waals surface area contributed by atoms with Gasteiger partial charge in [0, 0.05) is 5.54 Å². The molecule has 0 aliphatic carbocycles. The predicted molar refractivity (Wildman–Crippen MR) is 143 cm³/mol. The number of carbonyl (C=O) groups excluding carboxylic acids is 1. The Bertz CT molecular complexity index is 1210. The van der Waals surface area contributed by atoms with Crippen molar-refractivity contribution in [3.8, 4) is 11.5 Å². The number of benzene rings is 2. The van der Waals surface area contributed by atoms with Crippen molar-refractivity contribution in [2.24, 2.45) is 5.41 Å². The Balaban J connectivity index is 2.03. The number of amides is 1. The lowest BCUT2D eigenvalue weighted by atomic mass is 9.81. The van der Waals surface area contributed by atoms with Crippen LogP contribution in [0.25, 0.3) is 0 Å². The number of sulfonamides is 1. The van der Waals surface area contributed by atoms with Crippen molar-refractivity contribution >= 4 is 21.6 Å². The summed E-state index contributed by atoms with van der Waals surface area (Å²) in [5.41, 5.74) is 0.708. The highest BCUT2D eigenvalue weighted by molar-refractivity contribution is 7.92. The molecule has 1 aliphatic heterocycles. The van der Waals surface area contributed by atoms with Gasteiger partial charge in [0.15, 0.2) is 6.10 Å². The predicted octanol–water partition coefficient (Wildman–Crippen LogP) is 5.28. The molecule has 0 radical (unpaired) electrons. The Labute approximate surface area is 216 Å². The minimum atomic E-state index is -3.98. The summed E-state index contributed by atoms with van der Waals surface area (Å²) < 4.78 is 40.3. The van der Waals surface area contributed by atoms with Gasteiger partial charge in [-0.05, 0) is 73.1 Å². The van der Waals surface area contributed by atoms with Crippen molar-refractivity contribution in [1.29, 1.82) is 0 Å². The van der Waals surface area contributed by atoms with E-state index in [1.54, 1.807) is 18.2 Å².